The van der Waals surface area contributed by atoms with E-state index in [9.17, 15) is 4.79 Å². The first-order chi connectivity index (χ1) is 9.60. The number of aryl methyl sites for hydroxylation is 1. The number of amides is 1. The minimum atomic E-state index is -0.0116. The number of aliphatic hydroxyl groups excluding tert-OH is 1. The fourth-order valence-corrected chi connectivity index (χ4v) is 2.79. The first-order valence-electron chi connectivity index (χ1n) is 7.26. The van der Waals surface area contributed by atoms with E-state index in [1.54, 1.807) is 4.90 Å². The Bertz CT molecular complexity index is 434. The number of halogens is 1. The summed E-state index contributed by atoms with van der Waals surface area (Å²) in [5.41, 5.74) is 1.78. The van der Waals surface area contributed by atoms with Gasteiger partial charge in [0.2, 0.25) is 0 Å². The van der Waals surface area contributed by atoms with Gasteiger partial charge < -0.3 is 10.0 Å². The van der Waals surface area contributed by atoms with Gasteiger partial charge >= 0.3 is 0 Å². The van der Waals surface area contributed by atoms with E-state index in [2.05, 4.69) is 22.9 Å². The summed E-state index contributed by atoms with van der Waals surface area (Å²) in [6.07, 6.45) is 4.48. The number of nitrogens with zero attached hydrogens (tertiary/aromatic N) is 1. The second-order valence-corrected chi connectivity index (χ2v) is 5.91. The molecule has 0 atom stereocenters. The van der Waals surface area contributed by atoms with Crippen molar-refractivity contribution in [1.29, 1.82) is 0 Å². The number of benzene rings is 1. The zero-order chi connectivity index (χ0) is 15.0. The predicted octanol–water partition coefficient (Wildman–Crippen LogP) is 3.77. The van der Waals surface area contributed by atoms with E-state index in [0.29, 0.717) is 18.7 Å². The Balaban J connectivity index is 2.72. The van der Waals surface area contributed by atoms with Crippen LogP contribution in [-0.4, -0.2) is 35.6 Å². The Kier molecular flexibility index (Phi) is 7.85. The van der Waals surface area contributed by atoms with E-state index < -0.39 is 0 Å². The van der Waals surface area contributed by atoms with Crippen LogP contribution in [-0.2, 0) is 0 Å². The van der Waals surface area contributed by atoms with Crippen LogP contribution < -0.4 is 0 Å². The molecule has 0 fully saturated rings. The van der Waals surface area contributed by atoms with Crippen molar-refractivity contribution in [2.75, 3.05) is 19.7 Å². The van der Waals surface area contributed by atoms with Crippen molar-refractivity contribution in [1.82, 2.24) is 4.90 Å². The molecule has 1 N–H and O–H groups in total. The standard InChI is InChI=1S/C16H24BrNO2/c1-3-4-5-6-9-18(10-11-19)16(20)14-8-7-13(2)12-15(14)17/h7-8,12,19H,3-6,9-11H2,1-2H3. The van der Waals surface area contributed by atoms with Crippen molar-refractivity contribution >= 4 is 21.8 Å². The summed E-state index contributed by atoms with van der Waals surface area (Å²) >= 11 is 3.45. The molecular formula is C16H24BrNO2. The molecule has 20 heavy (non-hydrogen) atoms. The molecule has 0 aliphatic heterocycles. The number of carbonyl (C=O) groups excluding carboxylic acids is 1. The Morgan fingerprint density at radius 3 is 2.60 bits per heavy atom. The van der Waals surface area contributed by atoms with Crippen LogP contribution in [0.15, 0.2) is 22.7 Å². The average molecular weight is 342 g/mol. The van der Waals surface area contributed by atoms with Crippen molar-refractivity contribution < 1.29 is 9.90 Å². The second-order valence-electron chi connectivity index (χ2n) is 5.06. The maximum absolute atomic E-state index is 12.5. The maximum Gasteiger partial charge on any atom is 0.255 e. The Morgan fingerprint density at radius 1 is 1.25 bits per heavy atom. The van der Waals surface area contributed by atoms with Crippen molar-refractivity contribution in [3.63, 3.8) is 0 Å². The molecule has 1 aromatic rings. The number of hydrogen-bond acceptors (Lipinski definition) is 2. The molecule has 3 nitrogen and oxygen atoms in total. The first kappa shape index (κ1) is 17.2. The summed E-state index contributed by atoms with van der Waals surface area (Å²) in [6.45, 7) is 5.27. The number of unbranched alkanes of at least 4 members (excludes halogenated alkanes) is 3. The van der Waals surface area contributed by atoms with E-state index in [1.807, 2.05) is 25.1 Å². The van der Waals surface area contributed by atoms with Gasteiger partial charge in [-0.15, -0.1) is 0 Å². The third-order valence-electron chi connectivity index (χ3n) is 3.29. The van der Waals surface area contributed by atoms with Gasteiger partial charge in [0.25, 0.3) is 5.91 Å². The van der Waals surface area contributed by atoms with Crippen LogP contribution in [0.2, 0.25) is 0 Å². The van der Waals surface area contributed by atoms with E-state index in [4.69, 9.17) is 5.11 Å². The van der Waals surface area contributed by atoms with Crippen LogP contribution in [0.25, 0.3) is 0 Å². The molecule has 1 aromatic carbocycles. The van der Waals surface area contributed by atoms with Crippen molar-refractivity contribution in [2.24, 2.45) is 0 Å². The topological polar surface area (TPSA) is 40.5 Å². The summed E-state index contributed by atoms with van der Waals surface area (Å²) in [6, 6.07) is 5.73. The lowest BCUT2D eigenvalue weighted by atomic mass is 10.1. The highest BCUT2D eigenvalue weighted by atomic mass is 79.9. The van der Waals surface area contributed by atoms with Crippen molar-refractivity contribution in [3.05, 3.63) is 33.8 Å². The molecule has 0 aromatic heterocycles. The molecular weight excluding hydrogens is 318 g/mol. The summed E-state index contributed by atoms with van der Waals surface area (Å²) in [5.74, 6) is -0.0116. The van der Waals surface area contributed by atoms with Gasteiger partial charge in [-0.2, -0.15) is 0 Å². The monoisotopic (exact) mass is 341 g/mol. The lowest BCUT2D eigenvalue weighted by Crippen LogP contribution is -2.34. The van der Waals surface area contributed by atoms with Gasteiger partial charge in [0, 0.05) is 17.6 Å². The lowest BCUT2D eigenvalue weighted by molar-refractivity contribution is 0.0717. The minimum Gasteiger partial charge on any atom is -0.395 e. The molecule has 0 radical (unpaired) electrons. The maximum atomic E-state index is 12.5. The van der Waals surface area contributed by atoms with Gasteiger partial charge in [-0.3, -0.25) is 4.79 Å². The highest BCUT2D eigenvalue weighted by Crippen LogP contribution is 2.20. The highest BCUT2D eigenvalue weighted by Gasteiger charge is 2.17. The number of hydrogen-bond donors (Lipinski definition) is 1. The van der Waals surface area contributed by atoms with Gasteiger partial charge in [0.1, 0.15) is 0 Å². The summed E-state index contributed by atoms with van der Waals surface area (Å²) in [5, 5.41) is 9.14. The number of aliphatic hydroxyl groups is 1. The molecule has 0 saturated heterocycles. The van der Waals surface area contributed by atoms with Crippen LogP contribution in [0, 0.1) is 6.92 Å². The quantitative estimate of drug-likeness (QED) is 0.731. The average Bonchev–Trinajstić information content (AvgIpc) is 2.41. The Hall–Kier alpha value is -0.870. The largest absolute Gasteiger partial charge is 0.395 e. The second kappa shape index (κ2) is 9.14. The fraction of sp³-hybridized carbons (Fsp3) is 0.562. The predicted molar refractivity (Wildman–Crippen MR) is 86.0 cm³/mol. The first-order valence-corrected chi connectivity index (χ1v) is 8.05. The number of rotatable bonds is 8. The van der Waals surface area contributed by atoms with Crippen molar-refractivity contribution in [2.45, 2.75) is 39.5 Å². The molecule has 112 valence electrons. The lowest BCUT2D eigenvalue weighted by Gasteiger charge is -2.22. The summed E-state index contributed by atoms with van der Waals surface area (Å²) in [7, 11) is 0. The third kappa shape index (κ3) is 5.25. The van der Waals surface area contributed by atoms with E-state index >= 15 is 0 Å². The van der Waals surface area contributed by atoms with Crippen LogP contribution >= 0.6 is 15.9 Å². The van der Waals surface area contributed by atoms with Crippen LogP contribution in [0.4, 0.5) is 0 Å². The molecule has 0 aliphatic carbocycles. The van der Waals surface area contributed by atoms with Gasteiger partial charge in [0.15, 0.2) is 0 Å². The Morgan fingerprint density at radius 2 is 2.00 bits per heavy atom. The highest BCUT2D eigenvalue weighted by molar-refractivity contribution is 9.10. The molecule has 1 rings (SSSR count). The van der Waals surface area contributed by atoms with Gasteiger partial charge in [-0.1, -0.05) is 32.3 Å². The van der Waals surface area contributed by atoms with Gasteiger partial charge in [-0.25, -0.2) is 0 Å². The number of carbonyl (C=O) groups is 1. The molecule has 0 heterocycles. The molecule has 4 heteroatoms. The summed E-state index contributed by atoms with van der Waals surface area (Å²) in [4.78, 5) is 14.3. The van der Waals surface area contributed by atoms with E-state index in [0.717, 1.165) is 22.9 Å². The zero-order valence-electron chi connectivity index (χ0n) is 12.4. The molecule has 0 aliphatic rings. The fourth-order valence-electron chi connectivity index (χ4n) is 2.13. The summed E-state index contributed by atoms with van der Waals surface area (Å²) < 4.78 is 0.819. The SMILES string of the molecule is CCCCCCN(CCO)C(=O)c1ccc(C)cc1Br. The van der Waals surface area contributed by atoms with Crippen LogP contribution in [0.3, 0.4) is 0 Å². The molecule has 1 amide bonds. The molecule has 0 spiro atoms. The smallest absolute Gasteiger partial charge is 0.255 e. The van der Waals surface area contributed by atoms with Crippen molar-refractivity contribution in [3.8, 4) is 0 Å². The van der Waals surface area contributed by atoms with Gasteiger partial charge in [0.05, 0.1) is 12.2 Å². The zero-order valence-corrected chi connectivity index (χ0v) is 13.9. The van der Waals surface area contributed by atoms with Crippen LogP contribution in [0.1, 0.15) is 48.5 Å². The molecule has 0 saturated carbocycles. The molecule has 0 unspecified atom stereocenters. The molecule has 0 bridgehead atoms. The van der Waals surface area contributed by atoms with Crippen LogP contribution in [0.5, 0.6) is 0 Å². The van der Waals surface area contributed by atoms with Gasteiger partial charge in [-0.05, 0) is 47.0 Å². The minimum absolute atomic E-state index is 0.00297. The third-order valence-corrected chi connectivity index (χ3v) is 3.95. The van der Waals surface area contributed by atoms with E-state index in [-0.39, 0.29) is 12.5 Å². The van der Waals surface area contributed by atoms with E-state index in [1.165, 1.54) is 12.8 Å². The Labute approximate surface area is 130 Å². The normalized spacial score (nSPS) is 10.6.